The van der Waals surface area contributed by atoms with Gasteiger partial charge in [0.25, 0.3) is 0 Å². The van der Waals surface area contributed by atoms with Gasteiger partial charge in [-0.1, -0.05) is 12.5 Å². The summed E-state index contributed by atoms with van der Waals surface area (Å²) in [6.45, 7) is 0. The molecule has 0 amide bonds. The van der Waals surface area contributed by atoms with Crippen molar-refractivity contribution in [3.8, 4) is 5.75 Å². The normalized spacial score (nSPS) is 28.1. The van der Waals surface area contributed by atoms with Crippen molar-refractivity contribution >= 4 is 16.7 Å². The maximum atomic E-state index is 12.9. The van der Waals surface area contributed by atoms with Gasteiger partial charge >= 0.3 is 0 Å². The molecule has 1 aromatic carbocycles. The maximum absolute atomic E-state index is 12.9. The third kappa shape index (κ3) is 1.62. The van der Waals surface area contributed by atoms with E-state index in [9.17, 15) is 4.79 Å². The van der Waals surface area contributed by atoms with E-state index in [2.05, 4.69) is 4.98 Å². The van der Waals surface area contributed by atoms with Gasteiger partial charge in [-0.15, -0.1) is 0 Å². The zero-order chi connectivity index (χ0) is 13.7. The molecule has 0 spiro atoms. The van der Waals surface area contributed by atoms with E-state index >= 15 is 0 Å². The molecule has 2 aromatic rings. The fourth-order valence-electron chi connectivity index (χ4n) is 4.28. The fraction of sp³-hybridized carbons (Fsp3) is 0.471. The van der Waals surface area contributed by atoms with E-state index in [-0.39, 0.29) is 5.92 Å². The van der Waals surface area contributed by atoms with Crippen LogP contribution in [0.15, 0.2) is 24.4 Å². The van der Waals surface area contributed by atoms with Crippen LogP contribution in [0.4, 0.5) is 0 Å². The minimum absolute atomic E-state index is 0.234. The number of hydrogen-bond acceptors (Lipinski definition) is 2. The van der Waals surface area contributed by atoms with E-state index in [0.717, 1.165) is 34.6 Å². The summed E-state index contributed by atoms with van der Waals surface area (Å²) in [6, 6.07) is 5.87. The van der Waals surface area contributed by atoms with Gasteiger partial charge in [-0.05, 0) is 43.2 Å². The lowest BCUT2D eigenvalue weighted by Gasteiger charge is -2.20. The number of H-pyrrole nitrogens is 1. The van der Waals surface area contributed by atoms with E-state index in [0.29, 0.717) is 11.7 Å². The Labute approximate surface area is 118 Å². The number of fused-ring (bicyclic) bond motifs is 3. The van der Waals surface area contributed by atoms with Gasteiger partial charge in [0.05, 0.1) is 12.5 Å². The second kappa shape index (κ2) is 4.37. The predicted molar refractivity (Wildman–Crippen MR) is 78.1 cm³/mol. The largest absolute Gasteiger partial charge is 0.496 e. The highest BCUT2D eigenvalue weighted by Crippen LogP contribution is 2.49. The number of methoxy groups -OCH3 is 1. The molecular formula is C17H19NO2. The van der Waals surface area contributed by atoms with Gasteiger partial charge in [0.1, 0.15) is 5.75 Å². The van der Waals surface area contributed by atoms with Crippen LogP contribution in [0, 0.1) is 17.8 Å². The number of aromatic nitrogens is 1. The fourth-order valence-corrected chi connectivity index (χ4v) is 4.28. The van der Waals surface area contributed by atoms with Crippen molar-refractivity contribution in [3.05, 3.63) is 30.0 Å². The van der Waals surface area contributed by atoms with Crippen molar-refractivity contribution in [2.45, 2.75) is 25.7 Å². The summed E-state index contributed by atoms with van der Waals surface area (Å²) in [6.07, 6.45) is 6.77. The molecule has 2 aliphatic carbocycles. The monoisotopic (exact) mass is 269 g/mol. The molecule has 1 heterocycles. The predicted octanol–water partition coefficient (Wildman–Crippen LogP) is 3.80. The highest BCUT2D eigenvalue weighted by molar-refractivity contribution is 6.11. The molecule has 3 atom stereocenters. The van der Waals surface area contributed by atoms with Crippen LogP contribution in [-0.2, 0) is 0 Å². The molecule has 0 aliphatic heterocycles. The number of rotatable bonds is 3. The molecule has 4 rings (SSSR count). The highest BCUT2D eigenvalue weighted by atomic mass is 16.5. The first-order valence-electron chi connectivity index (χ1n) is 7.46. The van der Waals surface area contributed by atoms with Crippen LogP contribution in [0.3, 0.4) is 0 Å². The molecule has 0 radical (unpaired) electrons. The molecule has 2 fully saturated rings. The molecule has 1 N–H and O–H groups in total. The Morgan fingerprint density at radius 2 is 2.20 bits per heavy atom. The Kier molecular flexibility index (Phi) is 2.62. The molecule has 3 nitrogen and oxygen atoms in total. The number of ether oxygens (including phenoxy) is 1. The van der Waals surface area contributed by atoms with Gasteiger partial charge in [-0.3, -0.25) is 4.79 Å². The van der Waals surface area contributed by atoms with Gasteiger partial charge in [0.2, 0.25) is 0 Å². The summed E-state index contributed by atoms with van der Waals surface area (Å²) in [4.78, 5) is 16.1. The molecule has 3 unspecified atom stereocenters. The third-order valence-electron chi connectivity index (χ3n) is 5.23. The smallest absolute Gasteiger partial charge is 0.168 e. The minimum atomic E-state index is 0.234. The highest BCUT2D eigenvalue weighted by Gasteiger charge is 2.43. The van der Waals surface area contributed by atoms with Crippen LogP contribution in [0.5, 0.6) is 5.75 Å². The topological polar surface area (TPSA) is 42.1 Å². The number of carbonyl (C=O) groups excluding carboxylic acids is 1. The summed E-state index contributed by atoms with van der Waals surface area (Å²) < 4.78 is 5.43. The van der Waals surface area contributed by atoms with E-state index < -0.39 is 0 Å². The number of hydrogen-bond donors (Lipinski definition) is 1. The minimum Gasteiger partial charge on any atom is -0.496 e. The third-order valence-corrected chi connectivity index (χ3v) is 5.23. The van der Waals surface area contributed by atoms with Gasteiger partial charge < -0.3 is 9.72 Å². The summed E-state index contributed by atoms with van der Waals surface area (Å²) in [5, 5.41) is 0.947. The molecule has 2 bridgehead atoms. The Hall–Kier alpha value is -1.77. The lowest BCUT2D eigenvalue weighted by Crippen LogP contribution is -2.20. The lowest BCUT2D eigenvalue weighted by atomic mass is 9.83. The molecule has 20 heavy (non-hydrogen) atoms. The van der Waals surface area contributed by atoms with Crippen molar-refractivity contribution < 1.29 is 9.53 Å². The first kappa shape index (κ1) is 12.0. The SMILES string of the molecule is COc1cccc2[nH]cc(C(=O)C3CC4CCC3C4)c12. The van der Waals surface area contributed by atoms with E-state index in [1.807, 2.05) is 24.4 Å². The van der Waals surface area contributed by atoms with Crippen molar-refractivity contribution in [2.24, 2.45) is 17.8 Å². The zero-order valence-corrected chi connectivity index (χ0v) is 11.7. The quantitative estimate of drug-likeness (QED) is 0.861. The number of ketones is 1. The number of carbonyl (C=O) groups is 1. The van der Waals surface area contributed by atoms with Gasteiger partial charge in [-0.25, -0.2) is 0 Å². The number of Topliss-reactive ketones (excluding diaryl/α,β-unsaturated/α-hetero) is 1. The average Bonchev–Trinajstić information content (AvgIpc) is 3.20. The number of benzene rings is 1. The molecule has 1 aromatic heterocycles. The van der Waals surface area contributed by atoms with Crippen LogP contribution in [0.25, 0.3) is 10.9 Å². The molecular weight excluding hydrogens is 250 g/mol. The van der Waals surface area contributed by atoms with Gasteiger partial charge in [-0.2, -0.15) is 0 Å². The number of aromatic amines is 1. The Balaban J connectivity index is 1.77. The molecule has 104 valence electrons. The van der Waals surface area contributed by atoms with Crippen LogP contribution < -0.4 is 4.74 Å². The van der Waals surface area contributed by atoms with Crippen molar-refractivity contribution in [1.82, 2.24) is 4.98 Å². The Morgan fingerprint density at radius 3 is 2.90 bits per heavy atom. The van der Waals surface area contributed by atoms with E-state index in [1.165, 1.54) is 19.3 Å². The molecule has 2 saturated carbocycles. The second-order valence-corrected chi connectivity index (χ2v) is 6.23. The van der Waals surface area contributed by atoms with Gasteiger partial charge in [0, 0.05) is 23.2 Å². The van der Waals surface area contributed by atoms with Crippen LogP contribution in [-0.4, -0.2) is 17.9 Å². The summed E-state index contributed by atoms with van der Waals surface area (Å²) in [7, 11) is 1.66. The molecule has 3 heteroatoms. The maximum Gasteiger partial charge on any atom is 0.168 e. The lowest BCUT2D eigenvalue weighted by molar-refractivity contribution is 0.0876. The van der Waals surface area contributed by atoms with Crippen LogP contribution >= 0.6 is 0 Å². The Morgan fingerprint density at radius 1 is 1.30 bits per heavy atom. The van der Waals surface area contributed by atoms with Crippen molar-refractivity contribution in [3.63, 3.8) is 0 Å². The molecule has 2 aliphatic rings. The Bertz CT molecular complexity index is 673. The first-order valence-corrected chi connectivity index (χ1v) is 7.46. The zero-order valence-electron chi connectivity index (χ0n) is 11.7. The van der Waals surface area contributed by atoms with Crippen molar-refractivity contribution in [2.75, 3.05) is 7.11 Å². The first-order chi connectivity index (χ1) is 9.78. The average molecular weight is 269 g/mol. The second-order valence-electron chi connectivity index (χ2n) is 6.23. The van der Waals surface area contributed by atoms with Gasteiger partial charge in [0.15, 0.2) is 5.78 Å². The summed E-state index contributed by atoms with van der Waals surface area (Å²) in [5.41, 5.74) is 1.80. The van der Waals surface area contributed by atoms with Crippen LogP contribution in [0.1, 0.15) is 36.0 Å². The van der Waals surface area contributed by atoms with E-state index in [4.69, 9.17) is 4.74 Å². The molecule has 0 saturated heterocycles. The van der Waals surface area contributed by atoms with Crippen LogP contribution in [0.2, 0.25) is 0 Å². The summed E-state index contributed by atoms with van der Waals surface area (Å²) >= 11 is 0. The summed E-state index contributed by atoms with van der Waals surface area (Å²) in [5.74, 6) is 2.74. The standard InChI is InChI=1S/C17H19NO2/c1-20-15-4-2-3-14-16(15)13(9-18-14)17(19)12-8-10-5-6-11(12)7-10/h2-4,9-12,18H,5-8H2,1H3. The van der Waals surface area contributed by atoms with Crippen molar-refractivity contribution in [1.29, 1.82) is 0 Å². The van der Waals surface area contributed by atoms with E-state index in [1.54, 1.807) is 7.11 Å². The number of nitrogens with one attached hydrogen (secondary N) is 1.